The summed E-state index contributed by atoms with van der Waals surface area (Å²) >= 11 is 0. The number of nitrogens with one attached hydrogen (secondary N) is 1. The van der Waals surface area contributed by atoms with Gasteiger partial charge in [-0.3, -0.25) is 4.79 Å². The van der Waals surface area contributed by atoms with Gasteiger partial charge < -0.3 is 5.32 Å². The van der Waals surface area contributed by atoms with Crippen molar-refractivity contribution < 1.29 is 21.6 Å². The number of anilines is 1. The van der Waals surface area contributed by atoms with Crippen LogP contribution in [0.3, 0.4) is 0 Å². The van der Waals surface area contributed by atoms with Gasteiger partial charge in [0.05, 0.1) is 24.3 Å². The van der Waals surface area contributed by atoms with Gasteiger partial charge in [-0.1, -0.05) is 18.2 Å². The Bertz CT molecular complexity index is 802. The fourth-order valence-electron chi connectivity index (χ4n) is 2.56. The third-order valence-electron chi connectivity index (χ3n) is 3.76. The topological polar surface area (TPSA) is 101 Å². The summed E-state index contributed by atoms with van der Waals surface area (Å²) in [5.74, 6) is -0.783. The van der Waals surface area contributed by atoms with Crippen LogP contribution in [0.25, 0.3) is 0 Å². The number of hydrogen-bond donors (Lipinski definition) is 1. The van der Waals surface area contributed by atoms with Gasteiger partial charge >= 0.3 is 0 Å². The Labute approximate surface area is 136 Å². The van der Waals surface area contributed by atoms with Crippen molar-refractivity contribution in [1.29, 1.82) is 0 Å². The molecular formula is C14H20N2O5S2. The van der Waals surface area contributed by atoms with E-state index in [9.17, 15) is 21.6 Å². The number of sulfone groups is 1. The zero-order chi connectivity index (χ0) is 17.3. The van der Waals surface area contributed by atoms with Crippen molar-refractivity contribution in [3.8, 4) is 0 Å². The molecule has 0 radical (unpaired) electrons. The Morgan fingerprint density at radius 2 is 2.00 bits per heavy atom. The largest absolute Gasteiger partial charge is 0.325 e. The summed E-state index contributed by atoms with van der Waals surface area (Å²) in [6.07, 6.45) is 1.20. The molecule has 7 nitrogen and oxygen atoms in total. The molecule has 1 amide bonds. The van der Waals surface area contributed by atoms with Crippen molar-refractivity contribution >= 4 is 31.5 Å². The highest BCUT2D eigenvalue weighted by Crippen LogP contribution is 2.20. The molecule has 0 spiro atoms. The van der Waals surface area contributed by atoms with Crippen LogP contribution < -0.4 is 5.32 Å². The van der Waals surface area contributed by atoms with Crippen molar-refractivity contribution in [2.45, 2.75) is 19.4 Å². The molecule has 1 saturated heterocycles. The normalized spacial score (nSPS) is 20.6. The molecule has 1 fully saturated rings. The molecule has 23 heavy (non-hydrogen) atoms. The molecule has 0 aromatic heterocycles. The second-order valence-corrected chi connectivity index (χ2v) is 9.89. The van der Waals surface area contributed by atoms with Gasteiger partial charge in [0.2, 0.25) is 15.9 Å². The molecule has 1 aromatic carbocycles. The van der Waals surface area contributed by atoms with E-state index in [-0.39, 0.29) is 17.9 Å². The first kappa shape index (κ1) is 17.9. The van der Waals surface area contributed by atoms with Gasteiger partial charge in [-0.2, -0.15) is 4.31 Å². The molecule has 0 bridgehead atoms. The van der Waals surface area contributed by atoms with Gasteiger partial charge in [0.15, 0.2) is 9.84 Å². The number of rotatable bonds is 5. The summed E-state index contributed by atoms with van der Waals surface area (Å²) in [5, 5.41) is 2.66. The lowest BCUT2D eigenvalue weighted by Crippen LogP contribution is -2.44. The highest BCUT2D eigenvalue weighted by molar-refractivity contribution is 7.92. The number of aryl methyl sites for hydroxylation is 1. The second-order valence-electron chi connectivity index (χ2n) is 5.73. The Balaban J connectivity index is 2.13. The highest BCUT2D eigenvalue weighted by atomic mass is 32.2. The van der Waals surface area contributed by atoms with E-state index >= 15 is 0 Å². The fraction of sp³-hybridized carbons (Fsp3) is 0.500. The third-order valence-corrected chi connectivity index (χ3v) is 6.79. The number of sulfonamides is 1. The molecule has 0 aliphatic carbocycles. The first-order valence-electron chi connectivity index (χ1n) is 7.11. The Hall–Kier alpha value is -1.45. The lowest BCUT2D eigenvalue weighted by molar-refractivity contribution is -0.116. The number of hydrogen-bond acceptors (Lipinski definition) is 5. The van der Waals surface area contributed by atoms with E-state index in [4.69, 9.17) is 0 Å². The molecule has 0 saturated carbocycles. The average Bonchev–Trinajstić information content (AvgIpc) is 2.77. The number of amides is 1. The maximum Gasteiger partial charge on any atom is 0.239 e. The SMILES string of the molecule is Cc1ccccc1NC(=O)CN(C1CCS(=O)(=O)C1)S(C)(=O)=O. The molecule has 2 rings (SSSR count). The van der Waals surface area contributed by atoms with Crippen molar-refractivity contribution in [2.24, 2.45) is 0 Å². The Morgan fingerprint density at radius 1 is 1.35 bits per heavy atom. The van der Waals surface area contributed by atoms with Crippen LogP contribution in [0.1, 0.15) is 12.0 Å². The van der Waals surface area contributed by atoms with Crippen LogP contribution in [0.5, 0.6) is 0 Å². The molecule has 128 valence electrons. The predicted molar refractivity (Wildman–Crippen MR) is 88.4 cm³/mol. The fourth-order valence-corrected chi connectivity index (χ4v) is 5.46. The number of benzene rings is 1. The predicted octanol–water partition coefficient (Wildman–Crippen LogP) is 0.382. The van der Waals surface area contributed by atoms with Crippen molar-refractivity contribution in [3.05, 3.63) is 29.8 Å². The van der Waals surface area contributed by atoms with Crippen molar-refractivity contribution in [2.75, 3.05) is 29.6 Å². The van der Waals surface area contributed by atoms with Crippen LogP contribution in [0.15, 0.2) is 24.3 Å². The standard InChI is InChI=1S/C14H20N2O5S2/c1-11-5-3-4-6-13(11)15-14(17)9-16(22(2,18)19)12-7-8-23(20,21)10-12/h3-6,12H,7-10H2,1-2H3,(H,15,17). The second kappa shape index (κ2) is 6.58. The first-order valence-corrected chi connectivity index (χ1v) is 10.8. The zero-order valence-corrected chi connectivity index (χ0v) is 14.7. The van der Waals surface area contributed by atoms with Gasteiger partial charge in [-0.25, -0.2) is 16.8 Å². The van der Waals surface area contributed by atoms with Gasteiger partial charge in [0, 0.05) is 11.7 Å². The monoisotopic (exact) mass is 360 g/mol. The van der Waals surface area contributed by atoms with Gasteiger partial charge in [0.1, 0.15) is 0 Å². The van der Waals surface area contributed by atoms with Crippen LogP contribution in [0.2, 0.25) is 0 Å². The summed E-state index contributed by atoms with van der Waals surface area (Å²) in [7, 11) is -6.93. The highest BCUT2D eigenvalue weighted by Gasteiger charge is 2.37. The quantitative estimate of drug-likeness (QED) is 0.818. The first-order chi connectivity index (χ1) is 10.6. The molecule has 1 aliphatic rings. The van der Waals surface area contributed by atoms with Crippen LogP contribution in [-0.4, -0.2) is 57.4 Å². The van der Waals surface area contributed by atoms with E-state index in [2.05, 4.69) is 5.32 Å². The molecule has 1 aliphatic heterocycles. The van der Waals surface area contributed by atoms with E-state index in [1.165, 1.54) is 0 Å². The number of nitrogens with zero attached hydrogens (tertiary/aromatic N) is 1. The van der Waals surface area contributed by atoms with Crippen LogP contribution >= 0.6 is 0 Å². The molecule has 1 aromatic rings. The number of carbonyl (C=O) groups excluding carboxylic acids is 1. The van der Waals surface area contributed by atoms with E-state index in [0.717, 1.165) is 16.1 Å². The van der Waals surface area contributed by atoms with Crippen LogP contribution in [0, 0.1) is 6.92 Å². The number of para-hydroxylation sites is 1. The lowest BCUT2D eigenvalue weighted by atomic mass is 10.2. The molecular weight excluding hydrogens is 340 g/mol. The summed E-state index contributed by atoms with van der Waals surface area (Å²) in [4.78, 5) is 12.2. The van der Waals surface area contributed by atoms with Crippen LogP contribution in [-0.2, 0) is 24.7 Å². The van der Waals surface area contributed by atoms with Gasteiger partial charge in [-0.15, -0.1) is 0 Å². The maximum absolute atomic E-state index is 12.2. The summed E-state index contributed by atoms with van der Waals surface area (Å²) in [6.45, 7) is 1.43. The third kappa shape index (κ3) is 4.76. The summed E-state index contributed by atoms with van der Waals surface area (Å²) in [6, 6.07) is 6.46. The number of carbonyl (C=O) groups is 1. The van der Waals surface area contributed by atoms with E-state index in [1.54, 1.807) is 12.1 Å². The molecule has 1 unspecified atom stereocenters. The summed E-state index contributed by atoms with van der Waals surface area (Å²) < 4.78 is 48.0. The molecule has 1 N–H and O–H groups in total. The van der Waals surface area contributed by atoms with Crippen molar-refractivity contribution in [1.82, 2.24) is 4.31 Å². The lowest BCUT2D eigenvalue weighted by Gasteiger charge is -2.25. The minimum Gasteiger partial charge on any atom is -0.325 e. The van der Waals surface area contributed by atoms with Crippen molar-refractivity contribution in [3.63, 3.8) is 0 Å². The van der Waals surface area contributed by atoms with Gasteiger partial charge in [-0.05, 0) is 25.0 Å². The molecule has 1 atom stereocenters. The maximum atomic E-state index is 12.2. The molecule has 9 heteroatoms. The van der Waals surface area contributed by atoms with E-state index in [1.807, 2.05) is 19.1 Å². The van der Waals surface area contributed by atoms with E-state index < -0.39 is 38.4 Å². The van der Waals surface area contributed by atoms with Gasteiger partial charge in [0.25, 0.3) is 0 Å². The smallest absolute Gasteiger partial charge is 0.239 e. The average molecular weight is 360 g/mol. The van der Waals surface area contributed by atoms with E-state index in [0.29, 0.717) is 5.69 Å². The Morgan fingerprint density at radius 3 is 2.52 bits per heavy atom. The van der Waals surface area contributed by atoms with Crippen LogP contribution in [0.4, 0.5) is 5.69 Å². The minimum atomic E-state index is -3.69. The summed E-state index contributed by atoms with van der Waals surface area (Å²) in [5.41, 5.74) is 1.46. The zero-order valence-electron chi connectivity index (χ0n) is 13.0. The Kier molecular flexibility index (Phi) is 5.12. The minimum absolute atomic E-state index is 0.0525. The molecule has 1 heterocycles.